The second-order valence-corrected chi connectivity index (χ2v) is 3.54. The molecule has 0 saturated heterocycles. The molecule has 4 heteroatoms. The molecular formula is C16H20N4. The number of nitrogens with one attached hydrogen (secondary N) is 4. The summed E-state index contributed by atoms with van der Waals surface area (Å²) in [5.41, 5.74) is 0. The van der Waals surface area contributed by atoms with Gasteiger partial charge in [-0.25, -0.2) is 0 Å². The predicted octanol–water partition coefficient (Wildman–Crippen LogP) is 4.06. The molecule has 104 valence electrons. The van der Waals surface area contributed by atoms with Crippen molar-refractivity contribution in [3.05, 3.63) is 98.1 Å². The van der Waals surface area contributed by atoms with Gasteiger partial charge in [-0.05, 0) is 48.5 Å². The molecule has 0 fully saturated rings. The van der Waals surface area contributed by atoms with Crippen LogP contribution < -0.4 is 0 Å². The van der Waals surface area contributed by atoms with Gasteiger partial charge < -0.3 is 19.9 Å². The molecule has 4 nitrogen and oxygen atoms in total. The van der Waals surface area contributed by atoms with Gasteiger partial charge in [0, 0.05) is 49.6 Å². The molecule has 4 aromatic rings. The summed E-state index contributed by atoms with van der Waals surface area (Å²) < 4.78 is 0. The van der Waals surface area contributed by atoms with Crippen LogP contribution in [-0.4, -0.2) is 19.9 Å². The van der Waals surface area contributed by atoms with E-state index in [4.69, 9.17) is 0 Å². The summed E-state index contributed by atoms with van der Waals surface area (Å²) in [6.45, 7) is 0. The van der Waals surface area contributed by atoms with Crippen molar-refractivity contribution >= 4 is 0 Å². The molecule has 0 aliphatic rings. The Kier molecular flexibility index (Phi) is 9.54. The normalized spacial score (nSPS) is 8.00. The van der Waals surface area contributed by atoms with E-state index in [0.29, 0.717) is 0 Å². The maximum atomic E-state index is 2.86. The van der Waals surface area contributed by atoms with Crippen molar-refractivity contribution in [3.63, 3.8) is 0 Å². The summed E-state index contributed by atoms with van der Waals surface area (Å²) >= 11 is 0. The minimum absolute atomic E-state index is 1.88. The molecule has 0 aliphatic heterocycles. The quantitative estimate of drug-likeness (QED) is 0.372. The maximum absolute atomic E-state index is 2.86. The molecule has 0 spiro atoms. The fraction of sp³-hybridized carbons (Fsp3) is 0. The number of H-pyrrole nitrogens is 4. The number of rotatable bonds is 0. The lowest BCUT2D eigenvalue weighted by Gasteiger charge is -1.49. The molecule has 0 bridgehead atoms. The van der Waals surface area contributed by atoms with Crippen LogP contribution in [-0.2, 0) is 0 Å². The van der Waals surface area contributed by atoms with Gasteiger partial charge in [0.05, 0.1) is 0 Å². The zero-order valence-electron chi connectivity index (χ0n) is 11.2. The summed E-state index contributed by atoms with van der Waals surface area (Å²) in [7, 11) is 0. The Bertz CT molecular complexity index is 345. The van der Waals surface area contributed by atoms with Crippen molar-refractivity contribution in [2.75, 3.05) is 0 Å². The van der Waals surface area contributed by atoms with Crippen LogP contribution in [0.15, 0.2) is 98.1 Å². The smallest absolute Gasteiger partial charge is 0.000496 e. The van der Waals surface area contributed by atoms with Crippen LogP contribution in [0.5, 0.6) is 0 Å². The Morgan fingerprint density at radius 1 is 0.250 bits per heavy atom. The topological polar surface area (TPSA) is 63.2 Å². The SMILES string of the molecule is c1cc[nH]c1.c1cc[nH]c1.c1cc[nH]c1.c1cc[nH]c1. The van der Waals surface area contributed by atoms with E-state index in [0.717, 1.165) is 0 Å². The highest BCUT2D eigenvalue weighted by molar-refractivity contribution is 4.86. The molecule has 20 heavy (non-hydrogen) atoms. The van der Waals surface area contributed by atoms with E-state index in [-0.39, 0.29) is 0 Å². The molecule has 4 N–H and O–H groups in total. The highest BCUT2D eigenvalue weighted by Gasteiger charge is 1.57. The molecular weight excluding hydrogens is 248 g/mol. The van der Waals surface area contributed by atoms with Gasteiger partial charge in [0.25, 0.3) is 0 Å². The Morgan fingerprint density at radius 3 is 0.450 bits per heavy atom. The molecule has 0 radical (unpaired) electrons. The van der Waals surface area contributed by atoms with Gasteiger partial charge in [0.1, 0.15) is 0 Å². The first-order chi connectivity index (χ1) is 10.0. The number of aromatic amines is 4. The van der Waals surface area contributed by atoms with Crippen LogP contribution in [0, 0.1) is 0 Å². The van der Waals surface area contributed by atoms with E-state index in [2.05, 4.69) is 19.9 Å². The lowest BCUT2D eigenvalue weighted by Crippen LogP contribution is -1.38. The van der Waals surface area contributed by atoms with Crippen LogP contribution in [0.4, 0.5) is 0 Å². The maximum Gasteiger partial charge on any atom is 0.000496 e. The van der Waals surface area contributed by atoms with Crippen molar-refractivity contribution < 1.29 is 0 Å². The first-order valence-corrected chi connectivity index (χ1v) is 6.31. The predicted molar refractivity (Wildman–Crippen MR) is 83.2 cm³/mol. The third-order valence-corrected chi connectivity index (χ3v) is 1.98. The Labute approximate surface area is 118 Å². The van der Waals surface area contributed by atoms with Gasteiger partial charge in [-0.2, -0.15) is 0 Å². The molecule has 0 aliphatic carbocycles. The van der Waals surface area contributed by atoms with Gasteiger partial charge in [0.2, 0.25) is 0 Å². The summed E-state index contributed by atoms with van der Waals surface area (Å²) in [4.78, 5) is 11.4. The lowest BCUT2D eigenvalue weighted by molar-refractivity contribution is 1.41. The highest BCUT2D eigenvalue weighted by atomic mass is 14.6. The summed E-state index contributed by atoms with van der Waals surface area (Å²) in [5.74, 6) is 0. The number of hydrogen-bond acceptors (Lipinski definition) is 0. The summed E-state index contributed by atoms with van der Waals surface area (Å²) in [5, 5.41) is 0. The van der Waals surface area contributed by atoms with E-state index in [9.17, 15) is 0 Å². The second kappa shape index (κ2) is 12.6. The Balaban J connectivity index is 0.000000133. The summed E-state index contributed by atoms with van der Waals surface area (Å²) in [6, 6.07) is 15.6. The van der Waals surface area contributed by atoms with Crippen LogP contribution in [0.3, 0.4) is 0 Å². The van der Waals surface area contributed by atoms with Crippen LogP contribution in [0.25, 0.3) is 0 Å². The molecule has 0 aromatic carbocycles. The fourth-order valence-corrected chi connectivity index (χ4v) is 1.11. The Hall–Kier alpha value is -2.88. The fourth-order valence-electron chi connectivity index (χ4n) is 1.11. The number of hydrogen-bond donors (Lipinski definition) is 4. The largest absolute Gasteiger partial charge is 0.368 e. The summed E-state index contributed by atoms with van der Waals surface area (Å²) in [6.07, 6.45) is 15.0. The van der Waals surface area contributed by atoms with Crippen molar-refractivity contribution in [1.82, 2.24) is 19.9 Å². The van der Waals surface area contributed by atoms with E-state index in [1.54, 1.807) is 0 Å². The van der Waals surface area contributed by atoms with E-state index in [1.807, 2.05) is 98.1 Å². The van der Waals surface area contributed by atoms with Gasteiger partial charge in [-0.15, -0.1) is 0 Å². The Morgan fingerprint density at radius 2 is 0.400 bits per heavy atom. The van der Waals surface area contributed by atoms with Crippen molar-refractivity contribution in [1.29, 1.82) is 0 Å². The minimum Gasteiger partial charge on any atom is -0.368 e. The third kappa shape index (κ3) is 10.3. The molecule has 4 heterocycles. The molecule has 4 aromatic heterocycles. The van der Waals surface area contributed by atoms with Crippen LogP contribution in [0.1, 0.15) is 0 Å². The number of aromatic nitrogens is 4. The minimum atomic E-state index is 1.88. The van der Waals surface area contributed by atoms with Gasteiger partial charge in [0.15, 0.2) is 0 Å². The monoisotopic (exact) mass is 268 g/mol. The first kappa shape index (κ1) is 15.2. The van der Waals surface area contributed by atoms with Crippen molar-refractivity contribution in [2.24, 2.45) is 0 Å². The zero-order valence-corrected chi connectivity index (χ0v) is 11.2. The average molecular weight is 268 g/mol. The molecule has 0 amide bonds. The molecule has 4 rings (SSSR count). The average Bonchev–Trinajstić information content (AvgIpc) is 3.40. The van der Waals surface area contributed by atoms with Gasteiger partial charge in [-0.1, -0.05) is 0 Å². The van der Waals surface area contributed by atoms with Crippen molar-refractivity contribution in [3.8, 4) is 0 Å². The second-order valence-electron chi connectivity index (χ2n) is 3.54. The molecule has 0 saturated carbocycles. The van der Waals surface area contributed by atoms with Gasteiger partial charge in [-0.3, -0.25) is 0 Å². The van der Waals surface area contributed by atoms with Crippen LogP contribution >= 0.6 is 0 Å². The van der Waals surface area contributed by atoms with Gasteiger partial charge >= 0.3 is 0 Å². The molecule has 0 unspecified atom stereocenters. The molecule has 0 atom stereocenters. The van der Waals surface area contributed by atoms with Crippen molar-refractivity contribution in [2.45, 2.75) is 0 Å². The van der Waals surface area contributed by atoms with E-state index < -0.39 is 0 Å². The standard InChI is InChI=1S/4C4H5N/c4*1-2-4-5-3-1/h4*1-5H. The first-order valence-electron chi connectivity index (χ1n) is 6.31. The lowest BCUT2D eigenvalue weighted by atomic mass is 10.7. The van der Waals surface area contributed by atoms with E-state index in [1.165, 1.54) is 0 Å². The van der Waals surface area contributed by atoms with E-state index >= 15 is 0 Å². The highest BCUT2D eigenvalue weighted by Crippen LogP contribution is 1.73. The van der Waals surface area contributed by atoms with Crippen LogP contribution in [0.2, 0.25) is 0 Å². The third-order valence-electron chi connectivity index (χ3n) is 1.98. The zero-order chi connectivity index (χ0) is 14.1.